The van der Waals surface area contributed by atoms with E-state index < -0.39 is 23.5 Å². The number of amides is 1. The van der Waals surface area contributed by atoms with E-state index in [0.29, 0.717) is 28.7 Å². The number of hydrogen-bond donors (Lipinski definition) is 1. The van der Waals surface area contributed by atoms with Crippen LogP contribution in [0, 0.1) is 11.7 Å². The van der Waals surface area contributed by atoms with Gasteiger partial charge in [0.2, 0.25) is 0 Å². The molecule has 7 heteroatoms. The van der Waals surface area contributed by atoms with Gasteiger partial charge in [0, 0.05) is 16.1 Å². The second-order valence-electron chi connectivity index (χ2n) is 7.89. The molecule has 164 valence electrons. The predicted octanol–water partition coefficient (Wildman–Crippen LogP) is 5.55. The van der Waals surface area contributed by atoms with Crippen molar-refractivity contribution in [2.24, 2.45) is 5.92 Å². The van der Waals surface area contributed by atoms with Crippen LogP contribution in [0.25, 0.3) is 5.76 Å². The van der Waals surface area contributed by atoms with E-state index >= 15 is 0 Å². The molecule has 1 amide bonds. The van der Waals surface area contributed by atoms with Crippen molar-refractivity contribution in [3.05, 3.63) is 87.9 Å². The molecule has 32 heavy (non-hydrogen) atoms. The molecule has 1 aliphatic rings. The number of ketones is 1. The van der Waals surface area contributed by atoms with Gasteiger partial charge >= 0.3 is 0 Å². The lowest BCUT2D eigenvalue weighted by Crippen LogP contribution is -2.29. The average molecular weight is 452 g/mol. The van der Waals surface area contributed by atoms with Gasteiger partial charge in [0.25, 0.3) is 11.7 Å². The third-order valence-corrected chi connectivity index (χ3v) is 5.98. The minimum Gasteiger partial charge on any atom is -0.507 e. The lowest BCUT2D eigenvalue weighted by molar-refractivity contribution is -0.132. The Balaban J connectivity index is 1.78. The summed E-state index contributed by atoms with van der Waals surface area (Å²) in [5, 5.41) is 12.9. The van der Waals surface area contributed by atoms with Crippen molar-refractivity contribution in [1.29, 1.82) is 0 Å². The maximum atomic E-state index is 13.9. The molecule has 3 aromatic rings. The number of carbonyl (C=O) groups excluding carboxylic acids is 2. The van der Waals surface area contributed by atoms with Crippen molar-refractivity contribution in [2.45, 2.75) is 19.9 Å². The van der Waals surface area contributed by atoms with Gasteiger partial charge in [-0.2, -0.15) is 0 Å². The zero-order valence-electron chi connectivity index (χ0n) is 17.6. The number of anilines is 1. The average Bonchev–Trinajstić information content (AvgIpc) is 3.39. The van der Waals surface area contributed by atoms with Crippen molar-refractivity contribution < 1.29 is 23.8 Å². The van der Waals surface area contributed by atoms with Crippen LogP contribution < -0.4 is 9.64 Å². The molecule has 1 N–H and O–H groups in total. The Hall–Kier alpha value is -3.45. The first kappa shape index (κ1) is 21.8. The summed E-state index contributed by atoms with van der Waals surface area (Å²) in [6, 6.07) is 14.9. The lowest BCUT2D eigenvalue weighted by Gasteiger charge is -2.24. The number of benzene rings is 2. The van der Waals surface area contributed by atoms with Crippen molar-refractivity contribution in [1.82, 2.24) is 0 Å². The van der Waals surface area contributed by atoms with Crippen LogP contribution in [0.2, 0.25) is 0 Å². The summed E-state index contributed by atoms with van der Waals surface area (Å²) >= 11 is 1.35. The molecule has 0 spiro atoms. The zero-order valence-corrected chi connectivity index (χ0v) is 18.4. The molecule has 1 fully saturated rings. The van der Waals surface area contributed by atoms with E-state index in [1.165, 1.54) is 34.4 Å². The number of thiophene rings is 1. The second-order valence-corrected chi connectivity index (χ2v) is 8.87. The van der Waals surface area contributed by atoms with Gasteiger partial charge in [0.05, 0.1) is 12.2 Å². The quantitative estimate of drug-likeness (QED) is 0.303. The molecule has 1 unspecified atom stereocenters. The molecule has 5 nitrogen and oxygen atoms in total. The van der Waals surface area contributed by atoms with Gasteiger partial charge in [0.15, 0.2) is 0 Å². The van der Waals surface area contributed by atoms with Gasteiger partial charge in [-0.1, -0.05) is 26.0 Å². The molecule has 0 saturated carbocycles. The molecule has 4 rings (SSSR count). The third-order valence-electron chi connectivity index (χ3n) is 5.05. The molecule has 0 aliphatic carbocycles. The van der Waals surface area contributed by atoms with Gasteiger partial charge in [-0.15, -0.1) is 11.3 Å². The number of halogens is 1. The Kier molecular flexibility index (Phi) is 6.10. The first-order chi connectivity index (χ1) is 15.4. The molecule has 1 aliphatic heterocycles. The van der Waals surface area contributed by atoms with E-state index in [9.17, 15) is 19.1 Å². The molecule has 1 saturated heterocycles. The summed E-state index contributed by atoms with van der Waals surface area (Å²) in [7, 11) is 0. The second kappa shape index (κ2) is 8.96. The first-order valence-electron chi connectivity index (χ1n) is 10.2. The van der Waals surface area contributed by atoms with E-state index in [-0.39, 0.29) is 17.0 Å². The largest absolute Gasteiger partial charge is 0.507 e. The lowest BCUT2D eigenvalue weighted by atomic mass is 9.99. The number of carbonyl (C=O) groups is 2. The third kappa shape index (κ3) is 4.16. The fourth-order valence-corrected chi connectivity index (χ4v) is 4.39. The zero-order chi connectivity index (χ0) is 22.8. The Morgan fingerprint density at radius 2 is 1.88 bits per heavy atom. The molecule has 2 heterocycles. The standard InChI is InChI=1S/C25H22FNO4S/c1-15(2)14-31-19-10-8-16(9-11-19)23(28)21-22(20-7-4-12-32-20)27(25(30)24(21)29)18-6-3-5-17(26)13-18/h3-13,15,22,28H,14H2,1-2H3/b23-21-. The molecule has 0 bridgehead atoms. The monoisotopic (exact) mass is 451 g/mol. The predicted molar refractivity (Wildman–Crippen MR) is 122 cm³/mol. The maximum absolute atomic E-state index is 13.9. The number of Topliss-reactive ketones (excluding diaryl/α,β-unsaturated/α-hetero) is 1. The van der Waals surface area contributed by atoms with Crippen molar-refractivity contribution in [2.75, 3.05) is 11.5 Å². The van der Waals surface area contributed by atoms with Crippen LogP contribution in [-0.4, -0.2) is 23.4 Å². The van der Waals surface area contributed by atoms with E-state index in [4.69, 9.17) is 4.74 Å². The SMILES string of the molecule is CC(C)COc1ccc(/C(O)=C2/C(=O)C(=O)N(c3cccc(F)c3)C2c2cccs2)cc1. The minimum absolute atomic E-state index is 0.0300. The van der Waals surface area contributed by atoms with Gasteiger partial charge in [-0.25, -0.2) is 4.39 Å². The maximum Gasteiger partial charge on any atom is 0.300 e. The number of ether oxygens (including phenoxy) is 1. The highest BCUT2D eigenvalue weighted by molar-refractivity contribution is 7.10. The van der Waals surface area contributed by atoms with Crippen molar-refractivity contribution in [3.8, 4) is 5.75 Å². The van der Waals surface area contributed by atoms with Crippen LogP contribution in [0.3, 0.4) is 0 Å². The summed E-state index contributed by atoms with van der Waals surface area (Å²) in [5.41, 5.74) is 0.611. The summed E-state index contributed by atoms with van der Waals surface area (Å²) in [4.78, 5) is 27.9. The normalized spacial score (nSPS) is 17.9. The Labute approximate surface area is 189 Å². The van der Waals surface area contributed by atoms with E-state index in [1.807, 2.05) is 19.2 Å². The number of rotatable bonds is 6. The highest BCUT2D eigenvalue weighted by atomic mass is 32.1. The van der Waals surface area contributed by atoms with E-state index in [0.717, 1.165) is 0 Å². The summed E-state index contributed by atoms with van der Waals surface area (Å²) < 4.78 is 19.6. The molecule has 1 atom stereocenters. The van der Waals surface area contributed by atoms with E-state index in [2.05, 4.69) is 0 Å². The first-order valence-corrected chi connectivity index (χ1v) is 11.1. The smallest absolute Gasteiger partial charge is 0.300 e. The fourth-order valence-electron chi connectivity index (χ4n) is 3.57. The summed E-state index contributed by atoms with van der Waals surface area (Å²) in [6.07, 6.45) is 0. The minimum atomic E-state index is -0.853. The van der Waals surface area contributed by atoms with Gasteiger partial charge < -0.3 is 9.84 Å². The Bertz CT molecular complexity index is 1170. The van der Waals surface area contributed by atoms with Gasteiger partial charge in [-0.3, -0.25) is 14.5 Å². The highest BCUT2D eigenvalue weighted by Gasteiger charge is 2.47. The highest BCUT2D eigenvalue weighted by Crippen LogP contribution is 2.43. The fraction of sp³-hybridized carbons (Fsp3) is 0.200. The van der Waals surface area contributed by atoms with E-state index in [1.54, 1.807) is 42.5 Å². The van der Waals surface area contributed by atoms with Gasteiger partial charge in [-0.05, 0) is 59.8 Å². The van der Waals surface area contributed by atoms with Crippen molar-refractivity contribution in [3.63, 3.8) is 0 Å². The molecular weight excluding hydrogens is 429 g/mol. The van der Waals surface area contributed by atoms with Crippen LogP contribution in [0.1, 0.15) is 30.3 Å². The molecule has 1 aromatic heterocycles. The number of aliphatic hydroxyl groups is 1. The number of nitrogens with zero attached hydrogens (tertiary/aromatic N) is 1. The van der Waals surface area contributed by atoms with Crippen LogP contribution in [0.4, 0.5) is 10.1 Å². The Morgan fingerprint density at radius 3 is 2.50 bits per heavy atom. The molecular formula is C25H22FNO4S. The van der Waals surface area contributed by atoms with Crippen LogP contribution in [0.5, 0.6) is 5.75 Å². The summed E-state index contributed by atoms with van der Waals surface area (Å²) in [6.45, 7) is 4.65. The van der Waals surface area contributed by atoms with Gasteiger partial charge in [0.1, 0.15) is 23.4 Å². The van der Waals surface area contributed by atoms with Crippen molar-refractivity contribution >= 4 is 34.5 Å². The summed E-state index contributed by atoms with van der Waals surface area (Å²) in [5.74, 6) is -1.42. The van der Waals surface area contributed by atoms with Crippen LogP contribution in [-0.2, 0) is 9.59 Å². The van der Waals surface area contributed by atoms with Crippen LogP contribution in [0.15, 0.2) is 71.6 Å². The molecule has 2 aromatic carbocycles. The number of aliphatic hydroxyl groups excluding tert-OH is 1. The topological polar surface area (TPSA) is 66.8 Å². The van der Waals surface area contributed by atoms with Crippen LogP contribution >= 0.6 is 11.3 Å². The number of hydrogen-bond acceptors (Lipinski definition) is 5. The molecule has 0 radical (unpaired) electrons. The Morgan fingerprint density at radius 1 is 1.12 bits per heavy atom.